The van der Waals surface area contributed by atoms with Crippen molar-refractivity contribution in [1.82, 2.24) is 5.23 Å². The number of fused-ring (bicyclic) bond motifs is 1. The van der Waals surface area contributed by atoms with Crippen molar-refractivity contribution in [3.05, 3.63) is 35.9 Å². The van der Waals surface area contributed by atoms with Crippen LogP contribution < -0.4 is 0 Å². The van der Waals surface area contributed by atoms with Gasteiger partial charge in [-0.3, -0.25) is 0 Å². The Morgan fingerprint density at radius 2 is 2.11 bits per heavy atom. The number of aliphatic carboxylic acids is 1. The van der Waals surface area contributed by atoms with Gasteiger partial charge >= 0.3 is 5.97 Å². The third-order valence-electron chi connectivity index (χ3n) is 4.48. The van der Waals surface area contributed by atoms with Crippen LogP contribution in [0.25, 0.3) is 0 Å². The number of hydrogen-bond donors (Lipinski definition) is 1. The van der Waals surface area contributed by atoms with Crippen molar-refractivity contribution in [1.29, 1.82) is 0 Å². The summed E-state index contributed by atoms with van der Waals surface area (Å²) >= 11 is 0. The third kappa shape index (κ3) is 4.08. The lowest BCUT2D eigenvalue weighted by atomic mass is 9.91. The lowest BCUT2D eigenvalue weighted by Crippen LogP contribution is -2.66. The molecule has 148 valence electrons. The molecule has 2 aliphatic heterocycles. The third-order valence-corrected chi connectivity index (χ3v) is 4.48. The number of halogens is 1. The molecule has 2 aliphatic rings. The Morgan fingerprint density at radius 3 is 2.74 bits per heavy atom. The molecule has 6 atom stereocenters. The van der Waals surface area contributed by atoms with Gasteiger partial charge < -0.3 is 24.1 Å². The molecule has 27 heavy (non-hydrogen) atoms. The zero-order valence-corrected chi connectivity index (χ0v) is 15.0. The molecule has 3 rings (SSSR count). The molecule has 0 spiro atoms. The van der Waals surface area contributed by atoms with E-state index in [0.717, 1.165) is 5.56 Å². The van der Waals surface area contributed by atoms with Crippen LogP contribution in [0.3, 0.4) is 0 Å². The molecule has 2 unspecified atom stereocenters. The molecule has 2 fully saturated rings. The summed E-state index contributed by atoms with van der Waals surface area (Å²) in [5.74, 6) is -1.27. The van der Waals surface area contributed by atoms with Gasteiger partial charge in [-0.2, -0.15) is 5.11 Å². The molecular weight excluding hydrogens is 361 g/mol. The lowest BCUT2D eigenvalue weighted by Gasteiger charge is -2.48. The van der Waals surface area contributed by atoms with E-state index in [-0.39, 0.29) is 18.4 Å². The summed E-state index contributed by atoms with van der Waals surface area (Å²) in [6, 6.07) is 7.99. The molecule has 0 aliphatic carbocycles. The Balaban J connectivity index is 1.90. The minimum absolute atomic E-state index is 0.0414. The average molecular weight is 383 g/mol. The molecule has 0 aromatic heterocycles. The van der Waals surface area contributed by atoms with Gasteiger partial charge in [0.15, 0.2) is 12.4 Å². The Hall–Kier alpha value is -2.14. The van der Waals surface area contributed by atoms with Crippen LogP contribution >= 0.6 is 0 Å². The number of ether oxygens (including phenoxy) is 4. The molecule has 10 heteroatoms. The summed E-state index contributed by atoms with van der Waals surface area (Å²) in [4.78, 5) is 11.6. The van der Waals surface area contributed by atoms with Gasteiger partial charge in [0.1, 0.15) is 24.4 Å². The maximum absolute atomic E-state index is 14.8. The molecular formula is C17H22FN3O6. The topological polar surface area (TPSA) is 102 Å². The van der Waals surface area contributed by atoms with E-state index in [0.29, 0.717) is 0 Å². The zero-order chi connectivity index (χ0) is 19.4. The van der Waals surface area contributed by atoms with Crippen LogP contribution in [0.15, 0.2) is 40.7 Å². The van der Waals surface area contributed by atoms with Gasteiger partial charge in [0.2, 0.25) is 0 Å². The first-order chi connectivity index (χ1) is 13.1. The summed E-state index contributed by atoms with van der Waals surface area (Å²) in [5, 5.41) is 16.7. The number of carbonyl (C=O) groups is 1. The van der Waals surface area contributed by atoms with Crippen molar-refractivity contribution in [3.8, 4) is 0 Å². The smallest absolute Gasteiger partial charge is 0.335 e. The van der Waals surface area contributed by atoms with E-state index in [4.69, 9.17) is 18.9 Å². The van der Waals surface area contributed by atoms with Gasteiger partial charge in [-0.15, -0.1) is 5.23 Å². The van der Waals surface area contributed by atoms with E-state index < -0.39 is 42.7 Å². The van der Waals surface area contributed by atoms with Crippen LogP contribution in [0.1, 0.15) is 18.8 Å². The highest BCUT2D eigenvalue weighted by Crippen LogP contribution is 2.37. The SMILES string of the molecule is CC/N=N\N(F)[C@H]1[C@H]2OC(c3ccccc3)OC[C@H]2OC(C(=O)O)[C@@H]1OC. The van der Waals surface area contributed by atoms with Crippen molar-refractivity contribution >= 4 is 5.97 Å². The quantitative estimate of drug-likeness (QED) is 0.455. The van der Waals surface area contributed by atoms with E-state index in [9.17, 15) is 14.4 Å². The number of benzene rings is 1. The maximum Gasteiger partial charge on any atom is 0.335 e. The normalized spacial score (nSPS) is 33.6. The fourth-order valence-electron chi connectivity index (χ4n) is 3.27. The first-order valence-electron chi connectivity index (χ1n) is 8.62. The van der Waals surface area contributed by atoms with Crippen LogP contribution in [0.4, 0.5) is 4.48 Å². The van der Waals surface area contributed by atoms with Crippen molar-refractivity contribution in [2.75, 3.05) is 20.3 Å². The minimum Gasteiger partial charge on any atom is -0.479 e. The van der Waals surface area contributed by atoms with E-state index in [1.807, 2.05) is 30.3 Å². The van der Waals surface area contributed by atoms with Crippen molar-refractivity contribution in [2.45, 2.75) is 43.7 Å². The Bertz CT molecular complexity index is 663. The highest BCUT2D eigenvalue weighted by molar-refractivity contribution is 5.73. The maximum atomic E-state index is 14.8. The highest BCUT2D eigenvalue weighted by Gasteiger charge is 2.55. The standard InChI is InChI=1S/C17H22FN3O6/c1-3-19-20-21(18)12-13-11(26-15(16(22)23)14(12)24-2)9-25-17(27-13)10-7-5-4-6-8-10/h4-8,11-15,17H,3,9H2,1-2H3,(H,22,23)/b20-19-/t11-,12+,13+,14-,15?,17?/m1/s1. The summed E-state index contributed by atoms with van der Waals surface area (Å²) in [6.07, 6.45) is -4.95. The number of carboxylic acids is 1. The fourth-order valence-corrected chi connectivity index (χ4v) is 3.27. The summed E-state index contributed by atoms with van der Waals surface area (Å²) in [5.41, 5.74) is 0.754. The predicted octanol–water partition coefficient (Wildman–Crippen LogP) is 1.91. The second-order valence-electron chi connectivity index (χ2n) is 6.14. The molecule has 2 heterocycles. The Labute approximate surface area is 155 Å². The number of carboxylic acid groups (broad SMARTS) is 1. The van der Waals surface area contributed by atoms with E-state index >= 15 is 0 Å². The van der Waals surface area contributed by atoms with Crippen LogP contribution in [0.2, 0.25) is 0 Å². The van der Waals surface area contributed by atoms with Crippen LogP contribution in [0, 0.1) is 0 Å². The summed E-state index contributed by atoms with van der Waals surface area (Å²) < 4.78 is 37.2. The highest BCUT2D eigenvalue weighted by atomic mass is 19.2. The molecule has 0 saturated carbocycles. The first kappa shape index (κ1) is 19.6. The van der Waals surface area contributed by atoms with Gasteiger partial charge in [0.05, 0.1) is 13.2 Å². The molecule has 1 N–H and O–H groups in total. The average Bonchev–Trinajstić information content (AvgIpc) is 2.70. The largest absolute Gasteiger partial charge is 0.479 e. The van der Waals surface area contributed by atoms with Crippen LogP contribution in [-0.4, -0.2) is 67.0 Å². The molecule has 0 amide bonds. The first-order valence-corrected chi connectivity index (χ1v) is 8.62. The molecule has 0 radical (unpaired) electrons. The second kappa shape index (κ2) is 8.70. The number of methoxy groups -OCH3 is 1. The monoisotopic (exact) mass is 383 g/mol. The van der Waals surface area contributed by atoms with Crippen LogP contribution in [0.5, 0.6) is 0 Å². The van der Waals surface area contributed by atoms with Gasteiger partial charge in [-0.05, 0) is 12.1 Å². The Kier molecular flexibility index (Phi) is 6.32. The van der Waals surface area contributed by atoms with Crippen molar-refractivity contribution < 1.29 is 33.3 Å². The van der Waals surface area contributed by atoms with Crippen LogP contribution in [-0.2, 0) is 23.7 Å². The van der Waals surface area contributed by atoms with E-state index in [1.54, 1.807) is 6.92 Å². The molecule has 2 saturated heterocycles. The summed E-state index contributed by atoms with van der Waals surface area (Å²) in [7, 11) is 1.29. The van der Waals surface area contributed by atoms with Gasteiger partial charge in [0, 0.05) is 12.7 Å². The molecule has 0 bridgehead atoms. The summed E-state index contributed by atoms with van der Waals surface area (Å²) in [6.45, 7) is 2.02. The number of nitrogens with zero attached hydrogens (tertiary/aromatic N) is 3. The van der Waals surface area contributed by atoms with Gasteiger partial charge in [0.25, 0.3) is 0 Å². The minimum atomic E-state index is -1.39. The Morgan fingerprint density at radius 1 is 1.37 bits per heavy atom. The lowest BCUT2D eigenvalue weighted by molar-refractivity contribution is -0.330. The van der Waals surface area contributed by atoms with E-state index in [2.05, 4.69) is 10.3 Å². The molecule has 1 aromatic rings. The predicted molar refractivity (Wildman–Crippen MR) is 89.2 cm³/mol. The number of rotatable bonds is 6. The number of hydrogen-bond acceptors (Lipinski definition) is 7. The molecule has 9 nitrogen and oxygen atoms in total. The second-order valence-corrected chi connectivity index (χ2v) is 6.14. The molecule has 1 aromatic carbocycles. The van der Waals surface area contributed by atoms with Crippen molar-refractivity contribution in [2.24, 2.45) is 10.3 Å². The van der Waals surface area contributed by atoms with E-state index in [1.165, 1.54) is 7.11 Å². The van der Waals surface area contributed by atoms with Gasteiger partial charge in [-0.1, -0.05) is 34.8 Å². The van der Waals surface area contributed by atoms with Crippen molar-refractivity contribution in [3.63, 3.8) is 0 Å². The van der Waals surface area contributed by atoms with Gasteiger partial charge in [-0.25, -0.2) is 4.79 Å². The fraction of sp³-hybridized carbons (Fsp3) is 0.588. The zero-order valence-electron chi connectivity index (χ0n) is 15.0.